The molecule has 0 heterocycles. The first kappa shape index (κ1) is 20.4. The first-order valence-electron chi connectivity index (χ1n) is 8.98. The molecule has 2 rings (SSSR count). The maximum Gasteiger partial charge on any atom is 0.296 e. The van der Waals surface area contributed by atoms with E-state index in [2.05, 4.69) is 31.4 Å². The minimum Gasteiger partial charge on any atom is -0.326 e. The van der Waals surface area contributed by atoms with Gasteiger partial charge in [0.15, 0.2) is 0 Å². The number of hydrogen-bond donors (Lipinski definition) is 2. The van der Waals surface area contributed by atoms with Crippen molar-refractivity contribution in [3.05, 3.63) is 59.2 Å². The van der Waals surface area contributed by atoms with Crippen LogP contribution in [0.4, 0.5) is 11.4 Å². The molecule has 0 aliphatic heterocycles. The van der Waals surface area contributed by atoms with E-state index in [9.17, 15) is 14.4 Å². The Kier molecular flexibility index (Phi) is 6.16. The van der Waals surface area contributed by atoms with Crippen LogP contribution in [0.2, 0.25) is 0 Å². The van der Waals surface area contributed by atoms with Crippen LogP contribution in [-0.2, 0) is 15.0 Å². The third-order valence-electron chi connectivity index (χ3n) is 4.31. The minimum atomic E-state index is -0.708. The van der Waals surface area contributed by atoms with Gasteiger partial charge in [0.1, 0.15) is 0 Å². The lowest BCUT2D eigenvalue weighted by molar-refractivity contribution is -0.116. The van der Waals surface area contributed by atoms with Gasteiger partial charge in [-0.05, 0) is 35.6 Å². The van der Waals surface area contributed by atoms with Crippen molar-refractivity contribution in [1.29, 1.82) is 0 Å². The second-order valence-corrected chi connectivity index (χ2v) is 7.54. The summed E-state index contributed by atoms with van der Waals surface area (Å²) < 4.78 is 0. The molecular weight excluding hydrogens is 340 g/mol. The van der Waals surface area contributed by atoms with Gasteiger partial charge in [-0.1, -0.05) is 58.0 Å². The molecule has 0 unspecified atom stereocenters. The number of carbonyl (C=O) groups excluding carboxylic acids is 3. The van der Waals surface area contributed by atoms with E-state index < -0.39 is 11.7 Å². The molecule has 0 radical (unpaired) electrons. The number of anilines is 2. The van der Waals surface area contributed by atoms with Crippen molar-refractivity contribution in [3.8, 4) is 0 Å². The van der Waals surface area contributed by atoms with E-state index in [1.807, 2.05) is 19.1 Å². The molecule has 0 fully saturated rings. The van der Waals surface area contributed by atoms with E-state index in [4.69, 9.17) is 0 Å². The molecular formula is C22H26N2O3. The Labute approximate surface area is 160 Å². The van der Waals surface area contributed by atoms with Gasteiger partial charge in [0, 0.05) is 23.4 Å². The summed E-state index contributed by atoms with van der Waals surface area (Å²) in [5, 5.41) is 5.38. The van der Waals surface area contributed by atoms with Crippen LogP contribution in [0.15, 0.2) is 42.5 Å². The van der Waals surface area contributed by atoms with Crippen LogP contribution in [0.1, 0.15) is 55.6 Å². The molecule has 0 spiro atoms. The Balaban J connectivity index is 2.15. The number of aryl methyl sites for hydroxylation is 1. The zero-order valence-electron chi connectivity index (χ0n) is 16.5. The highest BCUT2D eigenvalue weighted by Gasteiger charge is 2.19. The molecule has 2 aromatic rings. The molecule has 2 amide bonds. The number of hydrogen-bond acceptors (Lipinski definition) is 3. The van der Waals surface area contributed by atoms with Crippen LogP contribution in [0.25, 0.3) is 0 Å². The Morgan fingerprint density at radius 3 is 2.11 bits per heavy atom. The van der Waals surface area contributed by atoms with Gasteiger partial charge in [-0.3, -0.25) is 14.4 Å². The molecule has 0 atom stereocenters. The van der Waals surface area contributed by atoms with E-state index in [1.54, 1.807) is 37.3 Å². The highest BCUT2D eigenvalue weighted by Crippen LogP contribution is 2.23. The molecule has 2 N–H and O–H groups in total. The Morgan fingerprint density at radius 2 is 1.56 bits per heavy atom. The molecule has 0 bridgehead atoms. The summed E-state index contributed by atoms with van der Waals surface area (Å²) in [7, 11) is 0. The molecule has 142 valence electrons. The average Bonchev–Trinajstić information content (AvgIpc) is 2.63. The van der Waals surface area contributed by atoms with E-state index in [-0.39, 0.29) is 11.3 Å². The van der Waals surface area contributed by atoms with Crippen molar-refractivity contribution in [2.24, 2.45) is 0 Å². The van der Waals surface area contributed by atoms with Crippen molar-refractivity contribution >= 4 is 29.0 Å². The lowest BCUT2D eigenvalue weighted by atomic mass is 9.86. The van der Waals surface area contributed by atoms with Gasteiger partial charge in [-0.25, -0.2) is 0 Å². The predicted molar refractivity (Wildman–Crippen MR) is 108 cm³/mol. The number of ketones is 1. The van der Waals surface area contributed by atoms with Crippen molar-refractivity contribution in [3.63, 3.8) is 0 Å². The van der Waals surface area contributed by atoms with E-state index in [0.717, 1.165) is 11.1 Å². The Bertz CT molecular complexity index is 862. The van der Waals surface area contributed by atoms with Crippen LogP contribution in [0.5, 0.6) is 0 Å². The molecule has 0 saturated carbocycles. The number of Topliss-reactive ketones (excluding diaryl/α,β-unsaturated/α-hetero) is 1. The van der Waals surface area contributed by atoms with Crippen LogP contribution < -0.4 is 10.6 Å². The fourth-order valence-corrected chi connectivity index (χ4v) is 2.52. The summed E-state index contributed by atoms with van der Waals surface area (Å²) in [6.45, 7) is 9.84. The maximum absolute atomic E-state index is 12.4. The standard InChI is InChI=1S/C22H26N2O3/c1-6-19(25)23-17-12-7-14(2)18(13-17)24-21(27)20(26)15-8-10-16(11-9-15)22(3,4)5/h7-13H,6H2,1-5H3,(H,23,25)(H,24,27). The van der Waals surface area contributed by atoms with Crippen LogP contribution in [-0.4, -0.2) is 17.6 Å². The van der Waals surface area contributed by atoms with E-state index in [0.29, 0.717) is 23.4 Å². The zero-order valence-corrected chi connectivity index (χ0v) is 16.5. The van der Waals surface area contributed by atoms with Crippen LogP contribution in [0, 0.1) is 6.92 Å². The van der Waals surface area contributed by atoms with Crippen molar-refractivity contribution in [1.82, 2.24) is 0 Å². The van der Waals surface area contributed by atoms with Gasteiger partial charge >= 0.3 is 0 Å². The predicted octanol–water partition coefficient (Wildman–Crippen LogP) is 4.46. The smallest absolute Gasteiger partial charge is 0.296 e. The topological polar surface area (TPSA) is 75.3 Å². The fraction of sp³-hybridized carbons (Fsp3) is 0.318. The second-order valence-electron chi connectivity index (χ2n) is 7.54. The van der Waals surface area contributed by atoms with Gasteiger partial charge in [0.25, 0.3) is 11.7 Å². The normalized spacial score (nSPS) is 11.0. The highest BCUT2D eigenvalue weighted by atomic mass is 16.2. The highest BCUT2D eigenvalue weighted by molar-refractivity contribution is 6.46. The average molecular weight is 366 g/mol. The lowest BCUT2D eigenvalue weighted by Crippen LogP contribution is -2.23. The quantitative estimate of drug-likeness (QED) is 0.606. The number of nitrogens with one attached hydrogen (secondary N) is 2. The maximum atomic E-state index is 12.4. The largest absolute Gasteiger partial charge is 0.326 e. The first-order valence-corrected chi connectivity index (χ1v) is 8.98. The van der Waals surface area contributed by atoms with E-state index >= 15 is 0 Å². The summed E-state index contributed by atoms with van der Waals surface area (Å²) in [6.07, 6.45) is 0.360. The number of rotatable bonds is 5. The summed E-state index contributed by atoms with van der Waals surface area (Å²) in [4.78, 5) is 36.4. The van der Waals surface area contributed by atoms with Gasteiger partial charge in [-0.15, -0.1) is 0 Å². The third kappa shape index (κ3) is 5.26. The van der Waals surface area contributed by atoms with Gasteiger partial charge in [0.2, 0.25) is 5.91 Å². The molecule has 0 aliphatic carbocycles. The molecule has 2 aromatic carbocycles. The summed E-state index contributed by atoms with van der Waals surface area (Å²) in [5.41, 5.74) is 3.28. The van der Waals surface area contributed by atoms with Crippen molar-refractivity contribution < 1.29 is 14.4 Å². The summed E-state index contributed by atoms with van der Waals surface area (Å²) in [5.74, 6) is -1.43. The number of carbonyl (C=O) groups is 3. The SMILES string of the molecule is CCC(=O)Nc1ccc(C)c(NC(=O)C(=O)c2ccc(C(C)(C)C)cc2)c1. The molecule has 0 aromatic heterocycles. The molecule has 5 nitrogen and oxygen atoms in total. The summed E-state index contributed by atoms with van der Waals surface area (Å²) in [6, 6.07) is 12.3. The zero-order chi connectivity index (χ0) is 20.2. The van der Waals surface area contributed by atoms with Crippen molar-refractivity contribution in [2.45, 2.75) is 46.5 Å². The first-order chi connectivity index (χ1) is 12.6. The van der Waals surface area contributed by atoms with Gasteiger partial charge < -0.3 is 10.6 Å². The molecule has 0 saturated heterocycles. The Morgan fingerprint density at radius 1 is 0.926 bits per heavy atom. The number of amides is 2. The van der Waals surface area contributed by atoms with Crippen LogP contribution in [0.3, 0.4) is 0 Å². The molecule has 5 heteroatoms. The molecule has 0 aliphatic rings. The van der Waals surface area contributed by atoms with Gasteiger partial charge in [-0.2, -0.15) is 0 Å². The second kappa shape index (κ2) is 8.16. The molecule has 27 heavy (non-hydrogen) atoms. The monoisotopic (exact) mass is 366 g/mol. The Hall–Kier alpha value is -2.95. The number of benzene rings is 2. The van der Waals surface area contributed by atoms with E-state index in [1.165, 1.54) is 0 Å². The van der Waals surface area contributed by atoms with Gasteiger partial charge in [0.05, 0.1) is 0 Å². The lowest BCUT2D eigenvalue weighted by Gasteiger charge is -2.19. The van der Waals surface area contributed by atoms with Crippen molar-refractivity contribution in [2.75, 3.05) is 10.6 Å². The summed E-state index contributed by atoms with van der Waals surface area (Å²) >= 11 is 0. The minimum absolute atomic E-state index is 0.0235. The van der Waals surface area contributed by atoms with Crippen LogP contribution >= 0.6 is 0 Å². The fourth-order valence-electron chi connectivity index (χ4n) is 2.52. The third-order valence-corrected chi connectivity index (χ3v) is 4.31.